The zero-order valence-electron chi connectivity index (χ0n) is 13.5. The molecule has 21 heavy (non-hydrogen) atoms. The molecule has 2 N–H and O–H groups in total. The second kappa shape index (κ2) is 9.80. The van der Waals surface area contributed by atoms with Crippen molar-refractivity contribution in [1.82, 2.24) is 5.32 Å². The molecule has 1 aliphatic carbocycles. The lowest BCUT2D eigenvalue weighted by atomic mass is 9.71. The van der Waals surface area contributed by atoms with Gasteiger partial charge in [-0.15, -0.1) is 0 Å². The molecule has 4 nitrogen and oxygen atoms in total. The van der Waals surface area contributed by atoms with Crippen molar-refractivity contribution < 1.29 is 14.7 Å². The minimum atomic E-state index is -0.709. The van der Waals surface area contributed by atoms with E-state index in [1.54, 1.807) is 0 Å². The fourth-order valence-electron chi connectivity index (χ4n) is 3.29. The van der Waals surface area contributed by atoms with E-state index >= 15 is 0 Å². The maximum atomic E-state index is 12.4. The van der Waals surface area contributed by atoms with Gasteiger partial charge in [0, 0.05) is 18.4 Å². The molecular formula is C17H31NO3. The van der Waals surface area contributed by atoms with Crippen LogP contribution in [0.15, 0.2) is 0 Å². The van der Waals surface area contributed by atoms with Gasteiger partial charge in [0.05, 0.1) is 0 Å². The Kier molecular flexibility index (Phi) is 8.40. The molecule has 0 radical (unpaired) electrons. The van der Waals surface area contributed by atoms with Crippen LogP contribution in [-0.4, -0.2) is 23.5 Å². The van der Waals surface area contributed by atoms with Gasteiger partial charge in [0.25, 0.3) is 0 Å². The summed E-state index contributed by atoms with van der Waals surface area (Å²) in [5.74, 6) is -0.449. The number of carbonyl (C=O) groups is 2. The molecular weight excluding hydrogens is 266 g/mol. The summed E-state index contributed by atoms with van der Waals surface area (Å²) in [4.78, 5) is 22.8. The molecule has 0 unspecified atom stereocenters. The molecule has 1 aliphatic rings. The molecule has 4 heteroatoms. The van der Waals surface area contributed by atoms with E-state index in [0.717, 1.165) is 57.9 Å². The maximum Gasteiger partial charge on any atom is 0.303 e. The van der Waals surface area contributed by atoms with E-state index in [9.17, 15) is 9.59 Å². The van der Waals surface area contributed by atoms with Gasteiger partial charge >= 0.3 is 5.97 Å². The predicted molar refractivity (Wildman–Crippen MR) is 84.2 cm³/mol. The molecule has 0 heterocycles. The average molecular weight is 297 g/mol. The van der Waals surface area contributed by atoms with Crippen molar-refractivity contribution in [1.29, 1.82) is 0 Å². The van der Waals surface area contributed by atoms with Crippen LogP contribution in [0.5, 0.6) is 0 Å². The highest BCUT2D eigenvalue weighted by atomic mass is 16.4. The van der Waals surface area contributed by atoms with Crippen LogP contribution in [0.1, 0.15) is 84.0 Å². The molecule has 0 saturated heterocycles. The molecule has 1 rings (SSSR count). The minimum absolute atomic E-state index is 0.0975. The Bertz CT molecular complexity index is 322. The molecule has 1 fully saturated rings. The standard InChI is InChI=1S/C17H31NO3/c1-2-17(12-8-6-9-13-17)16(21)18-14-10-5-3-4-7-11-15(19)20/h2-14H2,1H3,(H,18,21)(H,19,20). The Labute approximate surface area is 128 Å². The first-order chi connectivity index (χ1) is 10.1. The lowest BCUT2D eigenvalue weighted by Crippen LogP contribution is -2.42. The summed E-state index contributed by atoms with van der Waals surface area (Å²) >= 11 is 0. The SMILES string of the molecule is CCC1(C(=O)NCCCCCCCC(=O)O)CCCCC1. The summed E-state index contributed by atoms with van der Waals surface area (Å²) in [5.41, 5.74) is -0.0975. The topological polar surface area (TPSA) is 66.4 Å². The van der Waals surface area contributed by atoms with Gasteiger partial charge in [0.1, 0.15) is 0 Å². The smallest absolute Gasteiger partial charge is 0.303 e. The van der Waals surface area contributed by atoms with Crippen LogP contribution in [0.3, 0.4) is 0 Å². The second-order valence-corrected chi connectivity index (χ2v) is 6.36. The van der Waals surface area contributed by atoms with Crippen LogP contribution in [-0.2, 0) is 9.59 Å². The highest BCUT2D eigenvalue weighted by molar-refractivity contribution is 5.82. The summed E-state index contributed by atoms with van der Waals surface area (Å²) in [6, 6.07) is 0. The first kappa shape index (κ1) is 18.0. The maximum absolute atomic E-state index is 12.4. The Morgan fingerprint density at radius 3 is 2.24 bits per heavy atom. The van der Waals surface area contributed by atoms with Crippen molar-refractivity contribution in [3.05, 3.63) is 0 Å². The quantitative estimate of drug-likeness (QED) is 0.601. The molecule has 0 aromatic rings. The highest BCUT2D eigenvalue weighted by Gasteiger charge is 2.37. The van der Waals surface area contributed by atoms with Crippen molar-refractivity contribution in [3.8, 4) is 0 Å². The fourth-order valence-corrected chi connectivity index (χ4v) is 3.29. The van der Waals surface area contributed by atoms with Gasteiger partial charge in [-0.25, -0.2) is 0 Å². The van der Waals surface area contributed by atoms with Crippen molar-refractivity contribution in [2.75, 3.05) is 6.54 Å². The Morgan fingerprint density at radius 2 is 1.62 bits per heavy atom. The summed E-state index contributed by atoms with van der Waals surface area (Å²) in [7, 11) is 0. The predicted octanol–water partition coefficient (Wildman–Crippen LogP) is 3.89. The zero-order chi connectivity index (χ0) is 15.6. The summed E-state index contributed by atoms with van der Waals surface area (Å²) in [5, 5.41) is 11.7. The van der Waals surface area contributed by atoms with E-state index in [-0.39, 0.29) is 17.7 Å². The largest absolute Gasteiger partial charge is 0.481 e. The van der Waals surface area contributed by atoms with Gasteiger partial charge in [-0.1, -0.05) is 45.4 Å². The Hall–Kier alpha value is -1.06. The molecule has 0 atom stereocenters. The van der Waals surface area contributed by atoms with Crippen molar-refractivity contribution >= 4 is 11.9 Å². The number of hydrogen-bond acceptors (Lipinski definition) is 2. The third kappa shape index (κ3) is 6.49. The van der Waals surface area contributed by atoms with Crippen molar-refractivity contribution in [2.45, 2.75) is 84.0 Å². The van der Waals surface area contributed by atoms with Crippen LogP contribution < -0.4 is 5.32 Å². The summed E-state index contributed by atoms with van der Waals surface area (Å²) < 4.78 is 0. The van der Waals surface area contributed by atoms with E-state index in [4.69, 9.17) is 5.11 Å². The van der Waals surface area contributed by atoms with Gasteiger partial charge in [-0.2, -0.15) is 0 Å². The summed E-state index contributed by atoms with van der Waals surface area (Å²) in [6.45, 7) is 2.90. The first-order valence-electron chi connectivity index (χ1n) is 8.61. The monoisotopic (exact) mass is 297 g/mol. The third-order valence-corrected chi connectivity index (χ3v) is 4.82. The second-order valence-electron chi connectivity index (χ2n) is 6.36. The van der Waals surface area contributed by atoms with Gasteiger partial charge in [0.2, 0.25) is 5.91 Å². The molecule has 0 bridgehead atoms. The first-order valence-corrected chi connectivity index (χ1v) is 8.61. The normalized spacial score (nSPS) is 17.4. The molecule has 1 saturated carbocycles. The van der Waals surface area contributed by atoms with Crippen LogP contribution in [0.2, 0.25) is 0 Å². The highest BCUT2D eigenvalue weighted by Crippen LogP contribution is 2.39. The molecule has 0 aromatic carbocycles. The van der Waals surface area contributed by atoms with Gasteiger partial charge in [0.15, 0.2) is 0 Å². The van der Waals surface area contributed by atoms with Crippen LogP contribution in [0.4, 0.5) is 0 Å². The molecule has 0 spiro atoms. The van der Waals surface area contributed by atoms with Crippen molar-refractivity contribution in [2.24, 2.45) is 5.41 Å². The zero-order valence-corrected chi connectivity index (χ0v) is 13.5. The summed E-state index contributed by atoms with van der Waals surface area (Å²) in [6.07, 6.45) is 11.8. The number of nitrogens with one attached hydrogen (secondary N) is 1. The number of unbranched alkanes of at least 4 members (excludes halogenated alkanes) is 4. The lowest BCUT2D eigenvalue weighted by Gasteiger charge is -2.34. The minimum Gasteiger partial charge on any atom is -0.481 e. The van der Waals surface area contributed by atoms with E-state index < -0.39 is 5.97 Å². The number of aliphatic carboxylic acids is 1. The van der Waals surface area contributed by atoms with Crippen molar-refractivity contribution in [3.63, 3.8) is 0 Å². The van der Waals surface area contributed by atoms with Crippen LogP contribution in [0.25, 0.3) is 0 Å². The number of rotatable bonds is 10. The van der Waals surface area contributed by atoms with E-state index in [1.807, 2.05) is 0 Å². The molecule has 122 valence electrons. The number of carboxylic acids is 1. The Morgan fingerprint density at radius 1 is 1.00 bits per heavy atom. The third-order valence-electron chi connectivity index (χ3n) is 4.82. The number of carboxylic acid groups (broad SMARTS) is 1. The number of carbonyl (C=O) groups excluding carboxylic acids is 1. The molecule has 0 aromatic heterocycles. The fraction of sp³-hybridized carbons (Fsp3) is 0.882. The van der Waals surface area contributed by atoms with E-state index in [0.29, 0.717) is 0 Å². The average Bonchev–Trinajstić information content (AvgIpc) is 2.50. The van der Waals surface area contributed by atoms with Crippen LogP contribution >= 0.6 is 0 Å². The van der Waals surface area contributed by atoms with E-state index in [1.165, 1.54) is 19.3 Å². The lowest BCUT2D eigenvalue weighted by molar-refractivity contribution is -0.137. The van der Waals surface area contributed by atoms with Gasteiger partial charge < -0.3 is 10.4 Å². The van der Waals surface area contributed by atoms with Crippen LogP contribution in [0, 0.1) is 5.41 Å². The van der Waals surface area contributed by atoms with E-state index in [2.05, 4.69) is 12.2 Å². The number of amides is 1. The van der Waals surface area contributed by atoms with Gasteiger partial charge in [-0.05, 0) is 32.1 Å². The molecule has 0 aliphatic heterocycles. The Balaban J connectivity index is 2.08. The van der Waals surface area contributed by atoms with Gasteiger partial charge in [-0.3, -0.25) is 9.59 Å². The molecule has 1 amide bonds. The number of hydrogen-bond donors (Lipinski definition) is 2.